The maximum atomic E-state index is 6.17. The Labute approximate surface area is 105 Å². The Morgan fingerprint density at radius 1 is 1.40 bits per heavy atom. The molecule has 0 saturated heterocycles. The number of hydrogen-bond acceptors (Lipinski definition) is 1. The van der Waals surface area contributed by atoms with Gasteiger partial charge in [0.25, 0.3) is 0 Å². The van der Waals surface area contributed by atoms with Crippen LogP contribution in [0.15, 0.2) is 22.7 Å². The van der Waals surface area contributed by atoms with E-state index in [0.717, 1.165) is 28.9 Å². The molecule has 0 fully saturated rings. The Balaban J connectivity index is 2.70. The molecule has 0 aromatic heterocycles. The predicted octanol–water partition coefficient (Wildman–Crippen LogP) is 4.03. The molecule has 1 aromatic rings. The lowest BCUT2D eigenvalue weighted by Crippen LogP contribution is -2.30. The summed E-state index contributed by atoms with van der Waals surface area (Å²) < 4.78 is 1.03. The van der Waals surface area contributed by atoms with Gasteiger partial charge < -0.3 is 5.32 Å². The minimum absolute atomic E-state index is 0.522. The van der Waals surface area contributed by atoms with E-state index in [1.165, 1.54) is 5.56 Å². The van der Waals surface area contributed by atoms with Crippen LogP contribution in [0.3, 0.4) is 0 Å². The van der Waals surface area contributed by atoms with Crippen LogP contribution in [0.4, 0.5) is 0 Å². The van der Waals surface area contributed by atoms with Crippen molar-refractivity contribution in [2.24, 2.45) is 0 Å². The average molecular weight is 291 g/mol. The van der Waals surface area contributed by atoms with E-state index in [1.807, 2.05) is 12.1 Å². The molecule has 0 saturated carbocycles. The second-order valence-corrected chi connectivity index (χ2v) is 4.93. The maximum absolute atomic E-state index is 6.17. The summed E-state index contributed by atoms with van der Waals surface area (Å²) in [6, 6.07) is 6.61. The number of halogens is 2. The molecule has 84 valence electrons. The van der Waals surface area contributed by atoms with Gasteiger partial charge in [0.05, 0.1) is 0 Å². The first kappa shape index (κ1) is 13.0. The second-order valence-electron chi connectivity index (χ2n) is 3.60. The summed E-state index contributed by atoms with van der Waals surface area (Å²) in [6.45, 7) is 5.33. The highest BCUT2D eigenvalue weighted by atomic mass is 79.9. The largest absolute Gasteiger partial charge is 0.314 e. The van der Waals surface area contributed by atoms with Crippen LogP contribution in [-0.4, -0.2) is 12.6 Å². The van der Waals surface area contributed by atoms with E-state index in [-0.39, 0.29) is 0 Å². The lowest BCUT2D eigenvalue weighted by atomic mass is 10.0. The first-order chi connectivity index (χ1) is 7.17. The molecule has 0 radical (unpaired) electrons. The fraction of sp³-hybridized carbons (Fsp3) is 0.500. The van der Waals surface area contributed by atoms with Crippen LogP contribution in [-0.2, 0) is 6.42 Å². The highest BCUT2D eigenvalue weighted by Crippen LogP contribution is 2.22. The molecule has 1 atom stereocenters. The Bertz CT molecular complexity index is 314. The molecule has 15 heavy (non-hydrogen) atoms. The van der Waals surface area contributed by atoms with Crippen LogP contribution >= 0.6 is 27.5 Å². The van der Waals surface area contributed by atoms with Crippen molar-refractivity contribution < 1.29 is 0 Å². The Kier molecular flexibility index (Phi) is 5.65. The molecule has 3 heteroatoms. The van der Waals surface area contributed by atoms with Crippen LogP contribution in [0.25, 0.3) is 0 Å². The summed E-state index contributed by atoms with van der Waals surface area (Å²) in [4.78, 5) is 0. The molecule has 0 aliphatic heterocycles. The van der Waals surface area contributed by atoms with Gasteiger partial charge in [0, 0.05) is 15.5 Å². The molecule has 1 unspecified atom stereocenters. The number of rotatable bonds is 5. The molecule has 1 rings (SSSR count). The normalized spacial score (nSPS) is 12.8. The fourth-order valence-corrected chi connectivity index (χ4v) is 2.35. The minimum Gasteiger partial charge on any atom is -0.314 e. The number of likely N-dealkylation sites (N-methyl/N-ethyl adjacent to an activating group) is 1. The van der Waals surface area contributed by atoms with Gasteiger partial charge in [0.1, 0.15) is 0 Å². The van der Waals surface area contributed by atoms with Crippen molar-refractivity contribution in [2.45, 2.75) is 32.7 Å². The molecule has 1 N–H and O–H groups in total. The van der Waals surface area contributed by atoms with Gasteiger partial charge in [-0.25, -0.2) is 0 Å². The quantitative estimate of drug-likeness (QED) is 0.863. The molecule has 0 heterocycles. The lowest BCUT2D eigenvalue weighted by molar-refractivity contribution is 0.510. The molecule has 0 aliphatic carbocycles. The van der Waals surface area contributed by atoms with E-state index in [9.17, 15) is 0 Å². The molecule has 1 aromatic carbocycles. The third-order valence-corrected chi connectivity index (χ3v) is 3.31. The second kappa shape index (κ2) is 6.51. The summed E-state index contributed by atoms with van der Waals surface area (Å²) in [5.74, 6) is 0. The average Bonchev–Trinajstić information content (AvgIpc) is 2.21. The summed E-state index contributed by atoms with van der Waals surface area (Å²) in [7, 11) is 0. The summed E-state index contributed by atoms with van der Waals surface area (Å²) >= 11 is 9.58. The van der Waals surface area contributed by atoms with Crippen LogP contribution in [0.1, 0.15) is 25.8 Å². The van der Waals surface area contributed by atoms with E-state index in [2.05, 4.69) is 41.2 Å². The molecule has 0 aliphatic rings. The smallest absolute Gasteiger partial charge is 0.0449 e. The van der Waals surface area contributed by atoms with E-state index in [0.29, 0.717) is 6.04 Å². The third-order valence-electron chi connectivity index (χ3n) is 2.47. The van der Waals surface area contributed by atoms with Crippen LogP contribution in [0, 0.1) is 0 Å². The highest BCUT2D eigenvalue weighted by molar-refractivity contribution is 9.10. The van der Waals surface area contributed by atoms with Gasteiger partial charge in [0.2, 0.25) is 0 Å². The van der Waals surface area contributed by atoms with Gasteiger partial charge in [-0.1, -0.05) is 47.4 Å². The fourth-order valence-electron chi connectivity index (χ4n) is 1.60. The highest BCUT2D eigenvalue weighted by Gasteiger charge is 2.08. The summed E-state index contributed by atoms with van der Waals surface area (Å²) in [5.41, 5.74) is 1.22. The topological polar surface area (TPSA) is 12.0 Å². The standard InChI is InChI=1S/C12H17BrClN/c1-3-11(15-4-2)7-9-5-6-10(13)8-12(9)14/h5-6,8,11,15H,3-4,7H2,1-2H3. The predicted molar refractivity (Wildman–Crippen MR) is 70.6 cm³/mol. The van der Waals surface area contributed by atoms with Gasteiger partial charge in [0.15, 0.2) is 0 Å². The Morgan fingerprint density at radius 3 is 2.67 bits per heavy atom. The van der Waals surface area contributed by atoms with E-state index < -0.39 is 0 Å². The zero-order valence-electron chi connectivity index (χ0n) is 9.19. The zero-order chi connectivity index (χ0) is 11.3. The summed E-state index contributed by atoms with van der Waals surface area (Å²) in [6.07, 6.45) is 2.12. The molecule has 0 amide bonds. The van der Waals surface area contributed by atoms with Gasteiger partial charge >= 0.3 is 0 Å². The zero-order valence-corrected chi connectivity index (χ0v) is 11.5. The van der Waals surface area contributed by atoms with E-state index in [4.69, 9.17) is 11.6 Å². The van der Waals surface area contributed by atoms with Crippen molar-refractivity contribution in [3.05, 3.63) is 33.3 Å². The van der Waals surface area contributed by atoms with E-state index >= 15 is 0 Å². The van der Waals surface area contributed by atoms with Gasteiger partial charge in [-0.05, 0) is 37.1 Å². The molecule has 0 bridgehead atoms. The number of hydrogen-bond donors (Lipinski definition) is 1. The number of nitrogens with one attached hydrogen (secondary N) is 1. The van der Waals surface area contributed by atoms with Crippen LogP contribution < -0.4 is 5.32 Å². The Hall–Kier alpha value is -0.0500. The first-order valence-corrected chi connectivity index (χ1v) is 6.51. The lowest BCUT2D eigenvalue weighted by Gasteiger charge is -2.16. The molecule has 0 spiro atoms. The van der Waals surface area contributed by atoms with Gasteiger partial charge in [-0.3, -0.25) is 0 Å². The molecular weight excluding hydrogens is 273 g/mol. The van der Waals surface area contributed by atoms with Gasteiger partial charge in [-0.15, -0.1) is 0 Å². The van der Waals surface area contributed by atoms with Crippen molar-refractivity contribution >= 4 is 27.5 Å². The van der Waals surface area contributed by atoms with Crippen LogP contribution in [0.2, 0.25) is 5.02 Å². The summed E-state index contributed by atoms with van der Waals surface area (Å²) in [5, 5.41) is 4.30. The Morgan fingerprint density at radius 2 is 2.13 bits per heavy atom. The van der Waals surface area contributed by atoms with Crippen molar-refractivity contribution in [3.8, 4) is 0 Å². The van der Waals surface area contributed by atoms with Crippen molar-refractivity contribution in [1.29, 1.82) is 0 Å². The number of benzene rings is 1. The van der Waals surface area contributed by atoms with Crippen molar-refractivity contribution in [3.63, 3.8) is 0 Å². The molecular formula is C12H17BrClN. The first-order valence-electron chi connectivity index (χ1n) is 5.34. The maximum Gasteiger partial charge on any atom is 0.0449 e. The third kappa shape index (κ3) is 4.13. The van der Waals surface area contributed by atoms with Gasteiger partial charge in [-0.2, -0.15) is 0 Å². The van der Waals surface area contributed by atoms with Crippen molar-refractivity contribution in [2.75, 3.05) is 6.54 Å². The van der Waals surface area contributed by atoms with Crippen LogP contribution in [0.5, 0.6) is 0 Å². The van der Waals surface area contributed by atoms with Crippen molar-refractivity contribution in [1.82, 2.24) is 5.32 Å². The minimum atomic E-state index is 0.522. The van der Waals surface area contributed by atoms with E-state index in [1.54, 1.807) is 0 Å². The SMILES string of the molecule is CCNC(CC)Cc1ccc(Br)cc1Cl. The monoisotopic (exact) mass is 289 g/mol. The molecule has 1 nitrogen and oxygen atoms in total.